The van der Waals surface area contributed by atoms with Crippen molar-refractivity contribution in [3.05, 3.63) is 0 Å². The number of piperidine rings is 1. The van der Waals surface area contributed by atoms with Gasteiger partial charge in [-0.05, 0) is 38.9 Å². The number of rotatable bonds is 2. The lowest BCUT2D eigenvalue weighted by molar-refractivity contribution is -0.132. The highest BCUT2D eigenvalue weighted by atomic mass is 16.1. The Bertz CT molecular complexity index is 221. The summed E-state index contributed by atoms with van der Waals surface area (Å²) in [6.07, 6.45) is 2.36. The number of hydrogen-bond acceptors (Lipinski definition) is 2. The molecule has 1 aliphatic heterocycles. The molecule has 1 fully saturated rings. The number of ketones is 1. The van der Waals surface area contributed by atoms with Gasteiger partial charge in [-0.1, -0.05) is 27.7 Å². The van der Waals surface area contributed by atoms with Gasteiger partial charge in [-0.3, -0.25) is 4.79 Å². The summed E-state index contributed by atoms with van der Waals surface area (Å²) in [5.41, 5.74) is -0.178. The van der Waals surface area contributed by atoms with Crippen molar-refractivity contribution >= 4 is 5.78 Å². The van der Waals surface area contributed by atoms with E-state index in [1.807, 2.05) is 20.8 Å². The highest BCUT2D eigenvalue weighted by Gasteiger charge is 2.32. The molecule has 88 valence electrons. The molecule has 0 aromatic rings. The summed E-state index contributed by atoms with van der Waals surface area (Å²) < 4.78 is 0. The summed E-state index contributed by atoms with van der Waals surface area (Å²) in [6.45, 7) is 10.5. The molecule has 0 spiro atoms. The van der Waals surface area contributed by atoms with Crippen LogP contribution in [0.3, 0.4) is 0 Å². The molecule has 0 N–H and O–H groups in total. The highest BCUT2D eigenvalue weighted by molar-refractivity contribution is 5.85. The second kappa shape index (κ2) is 4.65. The van der Waals surface area contributed by atoms with Crippen LogP contribution in [0.1, 0.15) is 40.5 Å². The first-order valence-electron chi connectivity index (χ1n) is 6.05. The molecular formula is C13H25NO. The van der Waals surface area contributed by atoms with E-state index in [1.165, 1.54) is 12.8 Å². The smallest absolute Gasteiger partial charge is 0.141 e. The molecule has 2 heteroatoms. The zero-order valence-electron chi connectivity index (χ0n) is 10.8. The van der Waals surface area contributed by atoms with E-state index in [-0.39, 0.29) is 11.3 Å². The summed E-state index contributed by atoms with van der Waals surface area (Å²) in [6, 6.07) is 0. The maximum atomic E-state index is 12.1. The Morgan fingerprint density at radius 3 is 2.13 bits per heavy atom. The molecule has 0 aliphatic carbocycles. The maximum absolute atomic E-state index is 12.1. The summed E-state index contributed by atoms with van der Waals surface area (Å²) in [4.78, 5) is 14.5. The quantitative estimate of drug-likeness (QED) is 0.699. The zero-order chi connectivity index (χ0) is 11.6. The molecule has 15 heavy (non-hydrogen) atoms. The fourth-order valence-corrected chi connectivity index (χ4v) is 2.43. The Hall–Kier alpha value is -0.370. The Kier molecular flexibility index (Phi) is 3.93. The minimum absolute atomic E-state index is 0.178. The van der Waals surface area contributed by atoms with Crippen LogP contribution in [-0.2, 0) is 4.79 Å². The first-order valence-corrected chi connectivity index (χ1v) is 6.05. The van der Waals surface area contributed by atoms with Crippen LogP contribution in [0.4, 0.5) is 0 Å². The minimum Gasteiger partial charge on any atom is -0.306 e. The van der Waals surface area contributed by atoms with Gasteiger partial charge in [0.15, 0.2) is 0 Å². The average molecular weight is 211 g/mol. The Morgan fingerprint density at radius 2 is 1.73 bits per heavy atom. The SMILES string of the molecule is CC(C(=O)C(C)(C)C)C1CCN(C)CC1. The standard InChI is InChI=1S/C13H25NO/c1-10(12(15)13(2,3)4)11-6-8-14(5)9-7-11/h10-11H,6-9H2,1-5H3. The fourth-order valence-electron chi connectivity index (χ4n) is 2.43. The van der Waals surface area contributed by atoms with E-state index < -0.39 is 0 Å². The van der Waals surface area contributed by atoms with E-state index in [1.54, 1.807) is 0 Å². The highest BCUT2D eigenvalue weighted by Crippen LogP contribution is 2.30. The third kappa shape index (κ3) is 3.30. The topological polar surface area (TPSA) is 20.3 Å². The van der Waals surface area contributed by atoms with Crippen LogP contribution >= 0.6 is 0 Å². The molecule has 1 saturated heterocycles. The molecule has 0 bridgehead atoms. The van der Waals surface area contributed by atoms with Crippen molar-refractivity contribution < 1.29 is 4.79 Å². The van der Waals surface area contributed by atoms with Crippen molar-refractivity contribution in [2.75, 3.05) is 20.1 Å². The van der Waals surface area contributed by atoms with Gasteiger partial charge in [-0.25, -0.2) is 0 Å². The second-order valence-corrected chi connectivity index (χ2v) is 6.04. The van der Waals surface area contributed by atoms with Crippen LogP contribution in [0.5, 0.6) is 0 Å². The summed E-state index contributed by atoms with van der Waals surface area (Å²) in [5, 5.41) is 0. The van der Waals surface area contributed by atoms with Gasteiger partial charge in [0.25, 0.3) is 0 Å². The van der Waals surface area contributed by atoms with Crippen molar-refractivity contribution in [2.45, 2.75) is 40.5 Å². The molecule has 1 atom stereocenters. The predicted octanol–water partition coefficient (Wildman–Crippen LogP) is 2.58. The van der Waals surface area contributed by atoms with Gasteiger partial charge in [0, 0.05) is 11.3 Å². The van der Waals surface area contributed by atoms with E-state index in [0.717, 1.165) is 13.1 Å². The predicted molar refractivity (Wildman–Crippen MR) is 63.8 cm³/mol. The van der Waals surface area contributed by atoms with E-state index in [4.69, 9.17) is 0 Å². The van der Waals surface area contributed by atoms with Crippen LogP contribution in [0.2, 0.25) is 0 Å². The van der Waals surface area contributed by atoms with E-state index in [2.05, 4.69) is 18.9 Å². The number of Topliss-reactive ketones (excluding diaryl/α,β-unsaturated/α-hetero) is 1. The van der Waals surface area contributed by atoms with Gasteiger partial charge in [0.1, 0.15) is 5.78 Å². The van der Waals surface area contributed by atoms with Gasteiger partial charge < -0.3 is 4.90 Å². The Morgan fingerprint density at radius 1 is 1.27 bits per heavy atom. The van der Waals surface area contributed by atoms with Gasteiger partial charge in [-0.15, -0.1) is 0 Å². The summed E-state index contributed by atoms with van der Waals surface area (Å²) >= 11 is 0. The van der Waals surface area contributed by atoms with Crippen molar-refractivity contribution in [2.24, 2.45) is 17.3 Å². The van der Waals surface area contributed by atoms with Crippen LogP contribution in [0.25, 0.3) is 0 Å². The summed E-state index contributed by atoms with van der Waals surface area (Å²) in [5.74, 6) is 1.27. The van der Waals surface area contributed by atoms with Gasteiger partial charge in [0.05, 0.1) is 0 Å². The molecule has 0 saturated carbocycles. The minimum atomic E-state index is -0.178. The lowest BCUT2D eigenvalue weighted by Gasteiger charge is -2.34. The number of nitrogens with zero attached hydrogens (tertiary/aromatic N) is 1. The fraction of sp³-hybridized carbons (Fsp3) is 0.923. The monoisotopic (exact) mass is 211 g/mol. The molecule has 0 aromatic carbocycles. The second-order valence-electron chi connectivity index (χ2n) is 6.04. The lowest BCUT2D eigenvalue weighted by Crippen LogP contribution is -2.38. The lowest BCUT2D eigenvalue weighted by atomic mass is 9.75. The number of carbonyl (C=O) groups is 1. The average Bonchev–Trinajstić information content (AvgIpc) is 2.15. The van der Waals surface area contributed by atoms with Crippen molar-refractivity contribution in [3.63, 3.8) is 0 Å². The van der Waals surface area contributed by atoms with Crippen molar-refractivity contribution in [1.29, 1.82) is 0 Å². The maximum Gasteiger partial charge on any atom is 0.141 e. The molecule has 0 radical (unpaired) electrons. The first kappa shape index (κ1) is 12.7. The van der Waals surface area contributed by atoms with Crippen LogP contribution in [-0.4, -0.2) is 30.8 Å². The van der Waals surface area contributed by atoms with E-state index >= 15 is 0 Å². The van der Waals surface area contributed by atoms with Crippen molar-refractivity contribution in [3.8, 4) is 0 Å². The van der Waals surface area contributed by atoms with Crippen molar-refractivity contribution in [1.82, 2.24) is 4.90 Å². The van der Waals surface area contributed by atoms with Crippen LogP contribution in [0, 0.1) is 17.3 Å². The third-order valence-corrected chi connectivity index (χ3v) is 3.62. The normalized spacial score (nSPS) is 22.7. The molecular weight excluding hydrogens is 186 g/mol. The molecule has 1 heterocycles. The molecule has 1 unspecified atom stereocenters. The van der Waals surface area contributed by atoms with E-state index in [9.17, 15) is 4.79 Å². The van der Waals surface area contributed by atoms with Crippen LogP contribution in [0.15, 0.2) is 0 Å². The number of hydrogen-bond donors (Lipinski definition) is 0. The number of likely N-dealkylation sites (tertiary alicyclic amines) is 1. The van der Waals surface area contributed by atoms with Gasteiger partial charge in [-0.2, -0.15) is 0 Å². The Balaban J connectivity index is 2.54. The largest absolute Gasteiger partial charge is 0.306 e. The summed E-state index contributed by atoms with van der Waals surface area (Å²) in [7, 11) is 2.16. The first-order chi connectivity index (χ1) is 6.82. The third-order valence-electron chi connectivity index (χ3n) is 3.62. The molecule has 0 amide bonds. The van der Waals surface area contributed by atoms with E-state index in [0.29, 0.717) is 11.7 Å². The zero-order valence-corrected chi connectivity index (χ0v) is 10.8. The van der Waals surface area contributed by atoms with Gasteiger partial charge >= 0.3 is 0 Å². The molecule has 2 nitrogen and oxygen atoms in total. The van der Waals surface area contributed by atoms with Crippen LogP contribution < -0.4 is 0 Å². The molecule has 1 rings (SSSR count). The number of carbonyl (C=O) groups excluding carboxylic acids is 1. The molecule has 0 aromatic heterocycles. The van der Waals surface area contributed by atoms with Gasteiger partial charge in [0.2, 0.25) is 0 Å². The Labute approximate surface area is 94.0 Å². The molecule has 1 aliphatic rings.